The average molecular weight is 373 g/mol. The predicted octanol–water partition coefficient (Wildman–Crippen LogP) is 2.67. The van der Waals surface area contributed by atoms with E-state index in [4.69, 9.17) is 0 Å². The Bertz CT molecular complexity index is 958. The molecular weight excluding hydrogens is 350 g/mol. The summed E-state index contributed by atoms with van der Waals surface area (Å²) in [5, 5.41) is 0. The molecule has 6 nitrogen and oxygen atoms in total. The van der Waals surface area contributed by atoms with Crippen LogP contribution < -0.4 is 0 Å². The van der Waals surface area contributed by atoms with Gasteiger partial charge in [-0.2, -0.15) is 0 Å². The maximum atomic E-state index is 12.8. The highest BCUT2D eigenvalue weighted by atomic mass is 16.2. The summed E-state index contributed by atoms with van der Waals surface area (Å²) in [5.41, 5.74) is 4.12. The highest BCUT2D eigenvalue weighted by molar-refractivity contribution is 5.93. The highest BCUT2D eigenvalue weighted by Gasteiger charge is 2.26. The molecule has 1 amide bonds. The fourth-order valence-corrected chi connectivity index (χ4v) is 3.63. The molecule has 0 aliphatic carbocycles. The van der Waals surface area contributed by atoms with Crippen molar-refractivity contribution in [3.8, 4) is 11.4 Å². The third-order valence-corrected chi connectivity index (χ3v) is 5.29. The second-order valence-electron chi connectivity index (χ2n) is 7.26. The number of carbonyl (C=O) groups excluding carboxylic acids is 1. The number of fused-ring (bicyclic) bond motifs is 1. The minimum atomic E-state index is -0.0615. The molecule has 4 rings (SSSR count). The van der Waals surface area contributed by atoms with Gasteiger partial charge in [0.05, 0.1) is 5.56 Å². The minimum Gasteiger partial charge on any atom is -0.340 e. The molecule has 2 aromatic heterocycles. The van der Waals surface area contributed by atoms with E-state index in [-0.39, 0.29) is 5.91 Å². The Morgan fingerprint density at radius 3 is 2.50 bits per heavy atom. The first-order chi connectivity index (χ1) is 13.6. The molecule has 3 heterocycles. The smallest absolute Gasteiger partial charge is 0.256 e. The lowest BCUT2D eigenvalue weighted by Crippen LogP contribution is -2.46. The zero-order valence-electron chi connectivity index (χ0n) is 16.1. The summed E-state index contributed by atoms with van der Waals surface area (Å²) in [6.07, 6.45) is 7.54. The first-order valence-corrected chi connectivity index (χ1v) is 9.37. The van der Waals surface area contributed by atoms with Crippen LogP contribution in [0.4, 0.5) is 0 Å². The molecule has 3 aromatic rings. The summed E-state index contributed by atoms with van der Waals surface area (Å²) in [5.74, 6) is 0.527. The summed E-state index contributed by atoms with van der Waals surface area (Å²) in [6, 6.07) is 12.5. The van der Waals surface area contributed by atoms with Crippen molar-refractivity contribution in [1.29, 1.82) is 0 Å². The first-order valence-electron chi connectivity index (χ1n) is 9.37. The largest absolute Gasteiger partial charge is 0.340 e. The Labute approximate surface area is 164 Å². The maximum absolute atomic E-state index is 12.8. The average Bonchev–Trinajstić information content (AvgIpc) is 2.74. The van der Waals surface area contributed by atoms with Gasteiger partial charge in [0.25, 0.3) is 5.91 Å². The van der Waals surface area contributed by atoms with Gasteiger partial charge in [-0.25, -0.2) is 9.97 Å². The number of hydrogen-bond acceptors (Lipinski definition) is 5. The summed E-state index contributed by atoms with van der Waals surface area (Å²) in [4.78, 5) is 29.6. The Morgan fingerprint density at radius 1 is 1.11 bits per heavy atom. The van der Waals surface area contributed by atoms with E-state index in [9.17, 15) is 4.79 Å². The third kappa shape index (κ3) is 3.77. The van der Waals surface area contributed by atoms with Crippen LogP contribution in [-0.2, 0) is 13.0 Å². The summed E-state index contributed by atoms with van der Waals surface area (Å²) in [6.45, 7) is 1.57. The second kappa shape index (κ2) is 7.86. The quantitative estimate of drug-likeness (QED) is 0.704. The molecule has 6 heteroatoms. The molecule has 0 bridgehead atoms. The van der Waals surface area contributed by atoms with Crippen LogP contribution in [0.15, 0.2) is 61.2 Å². The number of nitrogens with zero attached hydrogens (tertiary/aromatic N) is 5. The molecule has 0 radical (unpaired) electrons. The van der Waals surface area contributed by atoms with Crippen molar-refractivity contribution in [2.24, 2.45) is 0 Å². The van der Waals surface area contributed by atoms with Crippen molar-refractivity contribution in [2.45, 2.75) is 19.0 Å². The number of carbonyl (C=O) groups is 1. The van der Waals surface area contributed by atoms with Gasteiger partial charge in [-0.1, -0.05) is 24.3 Å². The fourth-order valence-electron chi connectivity index (χ4n) is 3.63. The monoisotopic (exact) mass is 373 g/mol. The number of likely N-dealkylation sites (N-methyl/N-ethyl adjacent to an activating group) is 2. The van der Waals surface area contributed by atoms with E-state index in [1.165, 1.54) is 11.1 Å². The van der Waals surface area contributed by atoms with Gasteiger partial charge in [-0.3, -0.25) is 14.7 Å². The van der Waals surface area contributed by atoms with Crippen LogP contribution in [0.1, 0.15) is 21.5 Å². The first kappa shape index (κ1) is 18.3. The van der Waals surface area contributed by atoms with Crippen molar-refractivity contribution in [2.75, 3.05) is 20.6 Å². The lowest BCUT2D eigenvalue weighted by molar-refractivity contribution is 0.0732. The maximum Gasteiger partial charge on any atom is 0.256 e. The number of benzene rings is 1. The molecule has 0 fully saturated rings. The van der Waals surface area contributed by atoms with E-state index < -0.39 is 0 Å². The van der Waals surface area contributed by atoms with Crippen molar-refractivity contribution in [3.05, 3.63) is 77.9 Å². The number of pyridine rings is 1. The van der Waals surface area contributed by atoms with Gasteiger partial charge in [-0.15, -0.1) is 0 Å². The normalized spacial score (nSPS) is 16.4. The summed E-state index contributed by atoms with van der Waals surface area (Å²) in [7, 11) is 3.96. The zero-order valence-corrected chi connectivity index (χ0v) is 16.1. The minimum absolute atomic E-state index is 0.0615. The van der Waals surface area contributed by atoms with Gasteiger partial charge in [0, 0.05) is 56.5 Å². The Balaban J connectivity index is 1.44. The molecule has 0 spiro atoms. The lowest BCUT2D eigenvalue weighted by Gasteiger charge is -2.36. The van der Waals surface area contributed by atoms with E-state index in [1.807, 2.05) is 19.2 Å². The fraction of sp³-hybridized carbons (Fsp3) is 0.273. The van der Waals surface area contributed by atoms with E-state index in [0.717, 1.165) is 18.5 Å². The van der Waals surface area contributed by atoms with Crippen molar-refractivity contribution < 1.29 is 4.79 Å². The van der Waals surface area contributed by atoms with Crippen molar-refractivity contribution in [1.82, 2.24) is 24.8 Å². The van der Waals surface area contributed by atoms with E-state index in [0.29, 0.717) is 24.0 Å². The molecule has 1 aliphatic rings. The van der Waals surface area contributed by atoms with Crippen molar-refractivity contribution in [3.63, 3.8) is 0 Å². The van der Waals surface area contributed by atoms with Gasteiger partial charge in [0.2, 0.25) is 0 Å². The molecule has 0 N–H and O–H groups in total. The third-order valence-electron chi connectivity index (χ3n) is 5.29. The molecule has 28 heavy (non-hydrogen) atoms. The van der Waals surface area contributed by atoms with Gasteiger partial charge < -0.3 is 4.90 Å². The Morgan fingerprint density at radius 2 is 1.79 bits per heavy atom. The lowest BCUT2D eigenvalue weighted by atomic mass is 9.94. The van der Waals surface area contributed by atoms with Crippen LogP contribution in [0.25, 0.3) is 11.4 Å². The number of hydrogen-bond donors (Lipinski definition) is 0. The summed E-state index contributed by atoms with van der Waals surface area (Å²) < 4.78 is 0. The van der Waals surface area contributed by atoms with Gasteiger partial charge >= 0.3 is 0 Å². The molecule has 0 unspecified atom stereocenters. The van der Waals surface area contributed by atoms with E-state index in [1.54, 1.807) is 29.7 Å². The van der Waals surface area contributed by atoms with Crippen LogP contribution in [-0.4, -0.2) is 57.3 Å². The van der Waals surface area contributed by atoms with Gasteiger partial charge in [0.15, 0.2) is 5.82 Å². The standard InChI is InChI=1S/C22H23N5O/c1-26-14-18-6-4-3-5-17(18)11-20(26)15-27(2)22(28)19-12-24-21(25-13-19)16-7-9-23-10-8-16/h3-10,12-13,20H,11,14-15H2,1-2H3/t20-/m1/s1. The van der Waals surface area contributed by atoms with E-state index >= 15 is 0 Å². The van der Waals surface area contributed by atoms with Crippen LogP contribution in [0.3, 0.4) is 0 Å². The van der Waals surface area contributed by atoms with Crippen LogP contribution in [0.2, 0.25) is 0 Å². The molecule has 0 saturated carbocycles. The number of amides is 1. The number of rotatable bonds is 4. The molecule has 1 aliphatic heterocycles. The topological polar surface area (TPSA) is 62.2 Å². The summed E-state index contributed by atoms with van der Waals surface area (Å²) >= 11 is 0. The predicted molar refractivity (Wildman–Crippen MR) is 108 cm³/mol. The second-order valence-corrected chi connectivity index (χ2v) is 7.26. The van der Waals surface area contributed by atoms with Crippen LogP contribution in [0.5, 0.6) is 0 Å². The molecule has 1 aromatic carbocycles. The van der Waals surface area contributed by atoms with Crippen LogP contribution >= 0.6 is 0 Å². The Kier molecular flexibility index (Phi) is 5.12. The van der Waals surface area contributed by atoms with Crippen molar-refractivity contribution >= 4 is 5.91 Å². The highest BCUT2D eigenvalue weighted by Crippen LogP contribution is 2.22. The van der Waals surface area contributed by atoms with Crippen LogP contribution in [0, 0.1) is 0 Å². The zero-order chi connectivity index (χ0) is 19.5. The SMILES string of the molecule is CN(C[C@H]1Cc2ccccc2CN1C)C(=O)c1cnc(-c2ccncc2)nc1. The van der Waals surface area contributed by atoms with Gasteiger partial charge in [-0.05, 0) is 36.7 Å². The van der Waals surface area contributed by atoms with E-state index in [2.05, 4.69) is 51.2 Å². The Hall–Kier alpha value is -3.12. The molecule has 142 valence electrons. The molecular formula is C22H23N5O. The molecule has 0 saturated heterocycles. The molecule has 1 atom stereocenters. The number of aromatic nitrogens is 3. The van der Waals surface area contributed by atoms with Gasteiger partial charge in [0.1, 0.15) is 0 Å².